The van der Waals surface area contributed by atoms with E-state index in [2.05, 4.69) is 5.32 Å². The van der Waals surface area contributed by atoms with Gasteiger partial charge in [-0.1, -0.05) is 24.3 Å². The van der Waals surface area contributed by atoms with Gasteiger partial charge in [0.05, 0.1) is 13.0 Å². The Morgan fingerprint density at radius 3 is 2.36 bits per heavy atom. The number of hydrogen-bond donors (Lipinski definition) is 1. The van der Waals surface area contributed by atoms with Crippen molar-refractivity contribution in [3.63, 3.8) is 0 Å². The molecule has 0 atom stereocenters. The number of amides is 2. The zero-order valence-corrected chi connectivity index (χ0v) is 14.0. The molecule has 0 saturated carbocycles. The predicted octanol–water partition coefficient (Wildman–Crippen LogP) is 2.67. The SMILES string of the molecule is CCN(CC(=O)NCc1ccc(F)cc1)C(=O)Cc1cccc(F)c1. The Labute approximate surface area is 145 Å². The lowest BCUT2D eigenvalue weighted by atomic mass is 10.1. The molecule has 0 saturated heterocycles. The Morgan fingerprint density at radius 2 is 1.72 bits per heavy atom. The average molecular weight is 346 g/mol. The van der Waals surface area contributed by atoms with E-state index in [0.29, 0.717) is 12.1 Å². The van der Waals surface area contributed by atoms with E-state index in [1.807, 2.05) is 0 Å². The molecule has 2 rings (SSSR count). The molecule has 6 heteroatoms. The second kappa shape index (κ2) is 8.92. The third-order valence-electron chi connectivity index (χ3n) is 3.72. The summed E-state index contributed by atoms with van der Waals surface area (Å²) in [6.07, 6.45) is 0.0385. The summed E-state index contributed by atoms with van der Waals surface area (Å²) >= 11 is 0. The van der Waals surface area contributed by atoms with Gasteiger partial charge >= 0.3 is 0 Å². The molecule has 2 aromatic carbocycles. The van der Waals surface area contributed by atoms with Crippen LogP contribution in [-0.4, -0.2) is 29.8 Å². The largest absolute Gasteiger partial charge is 0.350 e. The molecule has 25 heavy (non-hydrogen) atoms. The molecule has 0 bridgehead atoms. The van der Waals surface area contributed by atoms with Gasteiger partial charge in [0.25, 0.3) is 0 Å². The summed E-state index contributed by atoms with van der Waals surface area (Å²) in [5.41, 5.74) is 1.33. The van der Waals surface area contributed by atoms with Crippen molar-refractivity contribution in [1.82, 2.24) is 10.2 Å². The number of carbonyl (C=O) groups is 2. The number of carbonyl (C=O) groups excluding carboxylic acids is 2. The molecule has 0 aliphatic carbocycles. The van der Waals surface area contributed by atoms with Gasteiger partial charge in [0.15, 0.2) is 0 Å². The van der Waals surface area contributed by atoms with Crippen LogP contribution in [0, 0.1) is 11.6 Å². The number of likely N-dealkylation sites (N-methyl/N-ethyl adjacent to an activating group) is 1. The van der Waals surface area contributed by atoms with Crippen molar-refractivity contribution >= 4 is 11.8 Å². The van der Waals surface area contributed by atoms with Gasteiger partial charge in [0.1, 0.15) is 11.6 Å². The molecule has 2 aromatic rings. The predicted molar refractivity (Wildman–Crippen MR) is 90.6 cm³/mol. The van der Waals surface area contributed by atoms with Crippen LogP contribution in [0.4, 0.5) is 8.78 Å². The van der Waals surface area contributed by atoms with Gasteiger partial charge in [-0.25, -0.2) is 8.78 Å². The molecule has 0 heterocycles. The first-order chi connectivity index (χ1) is 12.0. The summed E-state index contributed by atoms with van der Waals surface area (Å²) in [5.74, 6) is -1.29. The topological polar surface area (TPSA) is 49.4 Å². The molecule has 1 N–H and O–H groups in total. The maximum absolute atomic E-state index is 13.2. The molecular formula is C19H20F2N2O2. The van der Waals surface area contributed by atoms with Crippen LogP contribution in [0.5, 0.6) is 0 Å². The van der Waals surface area contributed by atoms with Crippen LogP contribution < -0.4 is 5.32 Å². The standard InChI is InChI=1S/C19H20F2N2O2/c1-2-23(19(25)11-15-4-3-5-17(21)10-15)13-18(24)22-12-14-6-8-16(20)9-7-14/h3-10H,2,11-13H2,1H3,(H,22,24). The summed E-state index contributed by atoms with van der Waals surface area (Å²) < 4.78 is 26.0. The average Bonchev–Trinajstić information content (AvgIpc) is 2.59. The maximum atomic E-state index is 13.2. The highest BCUT2D eigenvalue weighted by atomic mass is 19.1. The van der Waals surface area contributed by atoms with Crippen LogP contribution in [0.2, 0.25) is 0 Å². The summed E-state index contributed by atoms with van der Waals surface area (Å²) in [6.45, 7) is 2.33. The van der Waals surface area contributed by atoms with Crippen LogP contribution >= 0.6 is 0 Å². The first kappa shape index (κ1) is 18.6. The minimum atomic E-state index is -0.398. The van der Waals surface area contributed by atoms with Crippen molar-refractivity contribution in [2.75, 3.05) is 13.1 Å². The normalized spacial score (nSPS) is 10.4. The summed E-state index contributed by atoms with van der Waals surface area (Å²) in [5, 5.41) is 2.70. The molecule has 0 radical (unpaired) electrons. The lowest BCUT2D eigenvalue weighted by Gasteiger charge is -2.20. The van der Waals surface area contributed by atoms with Crippen molar-refractivity contribution in [1.29, 1.82) is 0 Å². The lowest BCUT2D eigenvalue weighted by molar-refractivity contribution is -0.135. The highest BCUT2D eigenvalue weighted by molar-refractivity contribution is 5.85. The number of rotatable bonds is 7. The fraction of sp³-hybridized carbons (Fsp3) is 0.263. The van der Waals surface area contributed by atoms with Gasteiger partial charge in [-0.2, -0.15) is 0 Å². The fourth-order valence-corrected chi connectivity index (χ4v) is 2.34. The molecule has 0 aliphatic heterocycles. The van der Waals surface area contributed by atoms with E-state index in [-0.39, 0.29) is 37.1 Å². The third-order valence-corrected chi connectivity index (χ3v) is 3.72. The highest BCUT2D eigenvalue weighted by Gasteiger charge is 2.16. The second-order valence-corrected chi connectivity index (χ2v) is 5.62. The second-order valence-electron chi connectivity index (χ2n) is 5.62. The van der Waals surface area contributed by atoms with Crippen LogP contribution in [0.15, 0.2) is 48.5 Å². The molecule has 2 amide bonds. The Morgan fingerprint density at radius 1 is 1.00 bits per heavy atom. The summed E-state index contributed by atoms with van der Waals surface area (Å²) in [7, 11) is 0. The molecule has 4 nitrogen and oxygen atoms in total. The number of nitrogens with one attached hydrogen (secondary N) is 1. The third kappa shape index (κ3) is 5.99. The molecular weight excluding hydrogens is 326 g/mol. The lowest BCUT2D eigenvalue weighted by Crippen LogP contribution is -2.41. The van der Waals surface area contributed by atoms with E-state index in [0.717, 1.165) is 5.56 Å². The van der Waals surface area contributed by atoms with Crippen molar-refractivity contribution in [3.05, 3.63) is 71.3 Å². The van der Waals surface area contributed by atoms with Gasteiger partial charge in [-0.3, -0.25) is 9.59 Å². The van der Waals surface area contributed by atoms with Gasteiger partial charge in [0, 0.05) is 13.1 Å². The Bertz CT molecular complexity index is 732. The molecule has 0 aromatic heterocycles. The first-order valence-electron chi connectivity index (χ1n) is 8.01. The minimum Gasteiger partial charge on any atom is -0.350 e. The Balaban J connectivity index is 1.86. The monoisotopic (exact) mass is 346 g/mol. The highest BCUT2D eigenvalue weighted by Crippen LogP contribution is 2.07. The quantitative estimate of drug-likeness (QED) is 0.838. The molecule has 0 spiro atoms. The molecule has 0 unspecified atom stereocenters. The van der Waals surface area contributed by atoms with Crippen LogP contribution in [0.3, 0.4) is 0 Å². The number of halogens is 2. The van der Waals surface area contributed by atoms with E-state index in [1.54, 1.807) is 31.2 Å². The van der Waals surface area contributed by atoms with Gasteiger partial charge in [-0.15, -0.1) is 0 Å². The summed E-state index contributed by atoms with van der Waals surface area (Å²) in [6, 6.07) is 11.6. The zero-order valence-electron chi connectivity index (χ0n) is 14.0. The van der Waals surface area contributed by atoms with E-state index >= 15 is 0 Å². The smallest absolute Gasteiger partial charge is 0.239 e. The molecule has 0 aliphatic rings. The number of hydrogen-bond acceptors (Lipinski definition) is 2. The van der Waals surface area contributed by atoms with Gasteiger partial charge in [0.2, 0.25) is 11.8 Å². The molecule has 132 valence electrons. The number of benzene rings is 2. The van der Waals surface area contributed by atoms with Crippen molar-refractivity contribution in [2.24, 2.45) is 0 Å². The van der Waals surface area contributed by atoms with Crippen molar-refractivity contribution < 1.29 is 18.4 Å². The van der Waals surface area contributed by atoms with E-state index < -0.39 is 5.82 Å². The van der Waals surface area contributed by atoms with Crippen LogP contribution in [0.25, 0.3) is 0 Å². The Hall–Kier alpha value is -2.76. The molecule has 0 fully saturated rings. The van der Waals surface area contributed by atoms with E-state index in [1.165, 1.54) is 29.2 Å². The van der Waals surface area contributed by atoms with Crippen molar-refractivity contribution in [2.45, 2.75) is 19.9 Å². The fourth-order valence-electron chi connectivity index (χ4n) is 2.34. The van der Waals surface area contributed by atoms with Crippen molar-refractivity contribution in [3.8, 4) is 0 Å². The van der Waals surface area contributed by atoms with E-state index in [4.69, 9.17) is 0 Å². The minimum absolute atomic E-state index is 0.0385. The first-order valence-corrected chi connectivity index (χ1v) is 8.01. The maximum Gasteiger partial charge on any atom is 0.239 e. The zero-order chi connectivity index (χ0) is 18.2. The van der Waals surface area contributed by atoms with Crippen LogP contribution in [0.1, 0.15) is 18.1 Å². The Kier molecular flexibility index (Phi) is 6.62. The summed E-state index contributed by atoms with van der Waals surface area (Å²) in [4.78, 5) is 25.7. The number of nitrogens with zero attached hydrogens (tertiary/aromatic N) is 1. The van der Waals surface area contributed by atoms with Crippen LogP contribution in [-0.2, 0) is 22.6 Å². The van der Waals surface area contributed by atoms with E-state index in [9.17, 15) is 18.4 Å². The van der Waals surface area contributed by atoms with Gasteiger partial charge in [-0.05, 0) is 42.3 Å². The van der Waals surface area contributed by atoms with Gasteiger partial charge < -0.3 is 10.2 Å².